The number of hydrogen-bond acceptors (Lipinski definition) is 5. The van der Waals surface area contributed by atoms with Crippen molar-refractivity contribution < 1.29 is 17.9 Å². The van der Waals surface area contributed by atoms with E-state index in [0.29, 0.717) is 0 Å². The average Bonchev–Trinajstić information content (AvgIpc) is 2.51. The molecule has 0 aliphatic heterocycles. The van der Waals surface area contributed by atoms with Crippen molar-refractivity contribution in [2.24, 2.45) is 0 Å². The number of amides is 1. The van der Waals surface area contributed by atoms with Crippen LogP contribution in [0.1, 0.15) is 13.8 Å². The lowest BCUT2D eigenvalue weighted by molar-refractivity contribution is 0.121. The predicted molar refractivity (Wildman–Crippen MR) is 55.9 cm³/mol. The molecule has 1 aromatic heterocycles. The summed E-state index contributed by atoms with van der Waals surface area (Å²) in [6.45, 7) is 3.21. The van der Waals surface area contributed by atoms with E-state index in [0.717, 1.165) is 0 Å². The third-order valence-electron chi connectivity index (χ3n) is 1.31. The first-order chi connectivity index (χ1) is 7.39. The zero-order valence-corrected chi connectivity index (χ0v) is 9.54. The fourth-order valence-electron chi connectivity index (χ4n) is 0.831. The lowest BCUT2D eigenvalue weighted by Gasteiger charge is -2.10. The number of H-pyrrole nitrogens is 1. The Morgan fingerprint density at radius 3 is 2.75 bits per heavy atom. The molecule has 1 amide bonds. The number of ether oxygens (including phenoxy) is 1. The van der Waals surface area contributed by atoms with Gasteiger partial charge in [-0.3, -0.25) is 9.82 Å². The zero-order chi connectivity index (χ0) is 12.2. The van der Waals surface area contributed by atoms with Gasteiger partial charge in [0, 0.05) is 6.07 Å². The molecule has 0 bridgehead atoms. The fraction of sp³-hybridized carbons (Fsp3) is 0.429. The summed E-state index contributed by atoms with van der Waals surface area (Å²) in [4.78, 5) is 11.0. The van der Waals surface area contributed by atoms with Gasteiger partial charge in [-0.15, -0.1) is 0 Å². The van der Waals surface area contributed by atoms with Crippen molar-refractivity contribution in [2.45, 2.75) is 20.0 Å². The summed E-state index contributed by atoms with van der Waals surface area (Å²) in [5, 5.41) is 5.91. The Morgan fingerprint density at radius 1 is 1.56 bits per heavy atom. The van der Waals surface area contributed by atoms with Crippen LogP contribution in [0.15, 0.2) is 12.3 Å². The van der Waals surface area contributed by atoms with E-state index in [1.165, 1.54) is 12.3 Å². The van der Waals surface area contributed by atoms with Gasteiger partial charge in [0.2, 0.25) is 0 Å². The predicted octanol–water partition coefficient (Wildman–Crippen LogP) is 0.201. The SMILES string of the molecule is CC(C)OC(=O)NS(=O)(=O)Nc1ccn[nH]1. The van der Waals surface area contributed by atoms with Crippen molar-refractivity contribution in [3.63, 3.8) is 0 Å². The Hall–Kier alpha value is -1.77. The quantitative estimate of drug-likeness (QED) is 0.704. The number of aromatic amines is 1. The highest BCUT2D eigenvalue weighted by Crippen LogP contribution is 2.01. The molecule has 0 unspecified atom stereocenters. The number of rotatable bonds is 4. The summed E-state index contributed by atoms with van der Waals surface area (Å²) < 4.78 is 31.0. The molecule has 0 atom stereocenters. The zero-order valence-electron chi connectivity index (χ0n) is 8.72. The first-order valence-corrected chi connectivity index (χ1v) is 5.88. The minimum absolute atomic E-state index is 0.143. The van der Waals surface area contributed by atoms with Crippen molar-refractivity contribution in [1.82, 2.24) is 14.9 Å². The van der Waals surface area contributed by atoms with Crippen molar-refractivity contribution in [3.05, 3.63) is 12.3 Å². The number of hydrogen-bond donors (Lipinski definition) is 3. The van der Waals surface area contributed by atoms with Gasteiger partial charge in [-0.2, -0.15) is 13.5 Å². The molecule has 0 spiro atoms. The maximum Gasteiger partial charge on any atom is 0.422 e. The van der Waals surface area contributed by atoms with Crippen LogP contribution in [0.5, 0.6) is 0 Å². The third kappa shape index (κ3) is 4.17. The van der Waals surface area contributed by atoms with Crippen molar-refractivity contribution >= 4 is 22.1 Å². The second-order valence-electron chi connectivity index (χ2n) is 3.13. The molecule has 8 nitrogen and oxygen atoms in total. The standard InChI is InChI=1S/C7H12N4O4S/c1-5(2)15-7(12)11-16(13,14)10-6-3-4-8-9-6/h3-5H,1-2H3,(H,11,12)(H2,8,9,10). The molecule has 9 heteroatoms. The van der Waals surface area contributed by atoms with E-state index in [9.17, 15) is 13.2 Å². The molecule has 0 radical (unpaired) electrons. The van der Waals surface area contributed by atoms with Crippen molar-refractivity contribution in [3.8, 4) is 0 Å². The van der Waals surface area contributed by atoms with Gasteiger partial charge in [0.15, 0.2) is 0 Å². The third-order valence-corrected chi connectivity index (χ3v) is 2.23. The van der Waals surface area contributed by atoms with E-state index in [-0.39, 0.29) is 5.82 Å². The first-order valence-electron chi connectivity index (χ1n) is 4.39. The summed E-state index contributed by atoms with van der Waals surface area (Å²) in [7, 11) is -4.00. The molecular weight excluding hydrogens is 236 g/mol. The highest BCUT2D eigenvalue weighted by molar-refractivity contribution is 7.91. The number of anilines is 1. The summed E-state index contributed by atoms with van der Waals surface area (Å²) in [6.07, 6.45) is -0.0750. The molecule has 0 saturated carbocycles. The molecule has 1 rings (SSSR count). The van der Waals surface area contributed by atoms with E-state index in [1.807, 2.05) is 4.72 Å². The van der Waals surface area contributed by atoms with Gasteiger partial charge in [-0.1, -0.05) is 0 Å². The number of nitrogens with one attached hydrogen (secondary N) is 3. The molecule has 1 aromatic rings. The molecule has 3 N–H and O–H groups in total. The molecule has 0 aliphatic carbocycles. The topological polar surface area (TPSA) is 113 Å². The van der Waals surface area contributed by atoms with E-state index < -0.39 is 22.4 Å². The Balaban J connectivity index is 2.55. The van der Waals surface area contributed by atoms with Gasteiger partial charge in [0.1, 0.15) is 5.82 Å². The van der Waals surface area contributed by atoms with Crippen LogP contribution in [-0.2, 0) is 14.9 Å². The van der Waals surface area contributed by atoms with E-state index in [4.69, 9.17) is 0 Å². The summed E-state index contributed by atoms with van der Waals surface area (Å²) in [5.74, 6) is 0.143. The molecule has 0 fully saturated rings. The summed E-state index contributed by atoms with van der Waals surface area (Å²) in [6, 6.07) is 1.40. The van der Waals surface area contributed by atoms with Gasteiger partial charge in [-0.25, -0.2) is 9.52 Å². The molecule has 0 aromatic carbocycles. The Kier molecular flexibility index (Phi) is 3.72. The second kappa shape index (κ2) is 4.84. The Labute approximate surface area is 92.6 Å². The summed E-state index contributed by atoms with van der Waals surface area (Å²) in [5.41, 5.74) is 0. The average molecular weight is 248 g/mol. The smallest absolute Gasteiger partial charge is 0.422 e. The fourth-order valence-corrected chi connectivity index (χ4v) is 1.55. The van der Waals surface area contributed by atoms with Crippen molar-refractivity contribution in [1.29, 1.82) is 0 Å². The number of carbonyl (C=O) groups is 1. The van der Waals surface area contributed by atoms with Crippen LogP contribution in [0.3, 0.4) is 0 Å². The van der Waals surface area contributed by atoms with Gasteiger partial charge in [-0.05, 0) is 13.8 Å². The second-order valence-corrected chi connectivity index (χ2v) is 4.55. The maximum absolute atomic E-state index is 11.3. The molecule has 0 aliphatic rings. The minimum atomic E-state index is -4.00. The van der Waals surface area contributed by atoms with Gasteiger partial charge in [0.25, 0.3) is 0 Å². The van der Waals surface area contributed by atoms with Crippen LogP contribution in [0, 0.1) is 0 Å². The molecule has 1 heterocycles. The van der Waals surface area contributed by atoms with E-state index in [2.05, 4.69) is 14.9 Å². The number of carbonyl (C=O) groups excluding carboxylic acids is 1. The highest BCUT2D eigenvalue weighted by atomic mass is 32.2. The highest BCUT2D eigenvalue weighted by Gasteiger charge is 2.16. The Morgan fingerprint density at radius 2 is 2.25 bits per heavy atom. The molecule has 0 saturated heterocycles. The molecule has 90 valence electrons. The van der Waals surface area contributed by atoms with Crippen LogP contribution in [0.2, 0.25) is 0 Å². The van der Waals surface area contributed by atoms with Crippen molar-refractivity contribution in [2.75, 3.05) is 4.72 Å². The number of aromatic nitrogens is 2. The monoisotopic (exact) mass is 248 g/mol. The lowest BCUT2D eigenvalue weighted by atomic mass is 10.5. The molecule has 16 heavy (non-hydrogen) atoms. The lowest BCUT2D eigenvalue weighted by Crippen LogP contribution is -2.36. The normalized spacial score (nSPS) is 11.2. The largest absolute Gasteiger partial charge is 0.446 e. The number of nitrogens with zero attached hydrogens (tertiary/aromatic N) is 1. The van der Waals surface area contributed by atoms with E-state index >= 15 is 0 Å². The molecular formula is C7H12N4O4S. The minimum Gasteiger partial charge on any atom is -0.446 e. The van der Waals surface area contributed by atoms with Crippen LogP contribution in [0.4, 0.5) is 10.6 Å². The summed E-state index contributed by atoms with van der Waals surface area (Å²) >= 11 is 0. The maximum atomic E-state index is 11.3. The Bertz CT molecular complexity index is 439. The first kappa shape index (κ1) is 12.3. The van der Waals surface area contributed by atoms with Gasteiger partial charge < -0.3 is 4.74 Å². The van der Waals surface area contributed by atoms with Gasteiger partial charge >= 0.3 is 16.3 Å². The van der Waals surface area contributed by atoms with E-state index in [1.54, 1.807) is 18.6 Å². The van der Waals surface area contributed by atoms with Crippen LogP contribution < -0.4 is 9.44 Å². The van der Waals surface area contributed by atoms with Crippen LogP contribution in [-0.4, -0.2) is 30.8 Å². The van der Waals surface area contributed by atoms with Gasteiger partial charge in [0.05, 0.1) is 12.3 Å². The van der Waals surface area contributed by atoms with Crippen LogP contribution >= 0.6 is 0 Å². The van der Waals surface area contributed by atoms with Crippen LogP contribution in [0.25, 0.3) is 0 Å².